The van der Waals surface area contributed by atoms with Gasteiger partial charge >= 0.3 is 6.98 Å². The maximum Gasteiger partial charge on any atom is 0.478 e. The van der Waals surface area contributed by atoms with Crippen LogP contribution in [0.2, 0.25) is 6.32 Å². The van der Waals surface area contributed by atoms with E-state index in [4.69, 9.17) is 0 Å². The highest BCUT2D eigenvalue weighted by Gasteiger charge is 2.21. The minimum Gasteiger partial charge on any atom is -0.449 e. The van der Waals surface area contributed by atoms with Gasteiger partial charge in [-0.25, -0.2) is 0 Å². The fourth-order valence-electron chi connectivity index (χ4n) is 0.957. The van der Waals surface area contributed by atoms with E-state index in [0.717, 1.165) is 12.7 Å². The monoisotopic (exact) mass is 181 g/mol. The van der Waals surface area contributed by atoms with Crippen LogP contribution in [-0.4, -0.2) is 13.3 Å². The lowest BCUT2D eigenvalue weighted by Crippen LogP contribution is -2.13. The molecule has 0 aliphatic heterocycles. The summed E-state index contributed by atoms with van der Waals surface area (Å²) in [4.78, 5) is 9.82. The Kier molecular flexibility index (Phi) is 5.85. The van der Waals surface area contributed by atoms with Gasteiger partial charge in [0.2, 0.25) is 0 Å². The first-order valence-corrected chi connectivity index (χ1v) is 4.21. The van der Waals surface area contributed by atoms with Gasteiger partial charge in [0.1, 0.15) is 6.29 Å². The predicted molar refractivity (Wildman–Crippen MR) is 43.0 cm³/mol. The number of unbranched alkanes of at least 4 members (excludes halogenated alkanes) is 4. The second-order valence-electron chi connectivity index (χ2n) is 2.87. The van der Waals surface area contributed by atoms with Crippen molar-refractivity contribution in [3.05, 3.63) is 0 Å². The third-order valence-corrected chi connectivity index (χ3v) is 1.60. The first-order valence-electron chi connectivity index (χ1n) is 4.21. The van der Waals surface area contributed by atoms with Crippen LogP contribution in [0.1, 0.15) is 32.1 Å². The van der Waals surface area contributed by atoms with Crippen LogP contribution in [0.3, 0.4) is 0 Å². The highest BCUT2D eigenvalue weighted by atomic mass is 19.4. The predicted octanol–water partition coefficient (Wildman–Crippen LogP) is 2.98. The van der Waals surface area contributed by atoms with E-state index in [9.17, 15) is 17.7 Å². The van der Waals surface area contributed by atoms with Crippen molar-refractivity contribution < 1.29 is 17.7 Å². The Morgan fingerprint density at radius 1 is 1.00 bits per heavy atom. The fourth-order valence-corrected chi connectivity index (χ4v) is 0.957. The molecule has 0 aliphatic rings. The van der Waals surface area contributed by atoms with Crippen molar-refractivity contribution in [2.75, 3.05) is 0 Å². The minimum atomic E-state index is -4.60. The van der Waals surface area contributed by atoms with E-state index < -0.39 is 13.3 Å². The summed E-state index contributed by atoms with van der Waals surface area (Å²) >= 11 is 0. The Morgan fingerprint density at radius 2 is 1.58 bits per heavy atom. The van der Waals surface area contributed by atoms with Crippen LogP contribution in [0.4, 0.5) is 12.9 Å². The van der Waals surface area contributed by atoms with Gasteiger partial charge < -0.3 is 17.7 Å². The first-order chi connectivity index (χ1) is 5.56. The van der Waals surface area contributed by atoms with Crippen molar-refractivity contribution in [3.63, 3.8) is 0 Å². The molecule has 0 unspecified atom stereocenters. The summed E-state index contributed by atoms with van der Waals surface area (Å²) in [5, 5.41) is 0. The molecular formula is C7H13BF3O-. The van der Waals surface area contributed by atoms with Gasteiger partial charge in [0.25, 0.3) is 0 Å². The average Bonchev–Trinajstić information content (AvgIpc) is 1.94. The molecule has 1 nitrogen and oxygen atoms in total. The largest absolute Gasteiger partial charge is 0.478 e. The van der Waals surface area contributed by atoms with E-state index in [-0.39, 0.29) is 6.42 Å². The normalized spacial score (nSPS) is 11.6. The zero-order chi connectivity index (χ0) is 9.45. The summed E-state index contributed by atoms with van der Waals surface area (Å²) in [6.45, 7) is -4.60. The smallest absolute Gasteiger partial charge is 0.449 e. The molecule has 0 atom stereocenters. The Bertz CT molecular complexity index is 124. The molecule has 72 valence electrons. The summed E-state index contributed by atoms with van der Waals surface area (Å²) in [5.74, 6) is 0. The third kappa shape index (κ3) is 9.52. The van der Waals surface area contributed by atoms with Crippen LogP contribution in [0, 0.1) is 0 Å². The number of aldehydes is 1. The molecule has 0 aliphatic carbocycles. The van der Waals surface area contributed by atoms with Gasteiger partial charge in [-0.1, -0.05) is 25.6 Å². The van der Waals surface area contributed by atoms with E-state index >= 15 is 0 Å². The van der Waals surface area contributed by atoms with Gasteiger partial charge in [-0.15, -0.1) is 0 Å². The van der Waals surface area contributed by atoms with Crippen LogP contribution < -0.4 is 0 Å². The summed E-state index contributed by atoms with van der Waals surface area (Å²) in [6.07, 6.45) is 2.86. The second-order valence-corrected chi connectivity index (χ2v) is 2.87. The molecule has 0 bridgehead atoms. The summed E-state index contributed by atoms with van der Waals surface area (Å²) in [7, 11) is 0. The Morgan fingerprint density at radius 3 is 2.08 bits per heavy atom. The lowest BCUT2D eigenvalue weighted by atomic mass is 9.83. The number of carbonyl (C=O) groups is 1. The number of hydrogen-bond donors (Lipinski definition) is 0. The summed E-state index contributed by atoms with van der Waals surface area (Å²) in [5.41, 5.74) is 0. The van der Waals surface area contributed by atoms with Gasteiger partial charge in [-0.05, 0) is 6.42 Å². The van der Waals surface area contributed by atoms with Gasteiger partial charge in [-0.2, -0.15) is 0 Å². The maximum absolute atomic E-state index is 11.6. The summed E-state index contributed by atoms with van der Waals surface area (Å²) < 4.78 is 34.9. The third-order valence-electron chi connectivity index (χ3n) is 1.60. The topological polar surface area (TPSA) is 17.1 Å². The molecule has 0 aromatic carbocycles. The molecule has 0 saturated heterocycles. The van der Waals surface area contributed by atoms with Crippen molar-refractivity contribution in [2.24, 2.45) is 0 Å². The van der Waals surface area contributed by atoms with E-state index in [1.165, 1.54) is 0 Å². The van der Waals surface area contributed by atoms with Crippen molar-refractivity contribution in [1.82, 2.24) is 0 Å². The van der Waals surface area contributed by atoms with Gasteiger partial charge in [0.15, 0.2) is 0 Å². The highest BCUT2D eigenvalue weighted by molar-refractivity contribution is 6.58. The van der Waals surface area contributed by atoms with Crippen molar-refractivity contribution in [3.8, 4) is 0 Å². The Labute approximate surface area is 70.4 Å². The Balaban J connectivity index is 3.06. The highest BCUT2D eigenvalue weighted by Crippen LogP contribution is 2.19. The lowest BCUT2D eigenvalue weighted by molar-refractivity contribution is -0.107. The van der Waals surface area contributed by atoms with Crippen molar-refractivity contribution in [1.29, 1.82) is 0 Å². The zero-order valence-corrected chi connectivity index (χ0v) is 6.94. The second kappa shape index (κ2) is 6.09. The van der Waals surface area contributed by atoms with Crippen LogP contribution in [0.15, 0.2) is 0 Å². The number of rotatable bonds is 7. The molecule has 0 radical (unpaired) electrons. The fraction of sp³-hybridized carbons (Fsp3) is 0.857. The van der Waals surface area contributed by atoms with Gasteiger partial charge in [0, 0.05) is 6.42 Å². The van der Waals surface area contributed by atoms with Gasteiger partial charge in [-0.3, -0.25) is 0 Å². The van der Waals surface area contributed by atoms with Crippen LogP contribution in [0.25, 0.3) is 0 Å². The van der Waals surface area contributed by atoms with Crippen LogP contribution in [0.5, 0.6) is 0 Å². The average molecular weight is 181 g/mol. The number of hydrogen-bond acceptors (Lipinski definition) is 1. The summed E-state index contributed by atoms with van der Waals surface area (Å²) in [6, 6.07) is 0. The molecule has 0 aromatic heterocycles. The Hall–Kier alpha value is -0.475. The quantitative estimate of drug-likeness (QED) is 0.335. The first kappa shape index (κ1) is 11.5. The van der Waals surface area contributed by atoms with Crippen molar-refractivity contribution >= 4 is 13.3 Å². The number of halogens is 3. The molecule has 0 aromatic rings. The van der Waals surface area contributed by atoms with E-state index in [1.807, 2.05) is 0 Å². The van der Waals surface area contributed by atoms with E-state index in [1.54, 1.807) is 0 Å². The molecule has 0 rings (SSSR count). The lowest BCUT2D eigenvalue weighted by Gasteiger charge is -2.12. The molecule has 0 saturated carbocycles. The van der Waals surface area contributed by atoms with Crippen molar-refractivity contribution in [2.45, 2.75) is 38.4 Å². The molecule has 0 spiro atoms. The maximum atomic E-state index is 11.6. The van der Waals surface area contributed by atoms with Crippen LogP contribution in [-0.2, 0) is 4.79 Å². The SMILES string of the molecule is O=CCCCCCC[B-](F)(F)F. The van der Waals surface area contributed by atoms with Gasteiger partial charge in [0.05, 0.1) is 0 Å². The molecular weight excluding hydrogens is 168 g/mol. The standard InChI is InChI=1S/C7H13BF3O/c9-8(10,11)6-4-2-1-3-5-7-12/h7H,1-6H2/q-1. The molecule has 5 heteroatoms. The molecule has 0 amide bonds. The minimum absolute atomic E-state index is 0.211. The van der Waals surface area contributed by atoms with E-state index in [2.05, 4.69) is 0 Å². The molecule has 0 N–H and O–H groups in total. The zero-order valence-electron chi connectivity index (χ0n) is 6.94. The molecule has 0 fully saturated rings. The van der Waals surface area contributed by atoms with E-state index in [0.29, 0.717) is 19.3 Å². The number of carbonyl (C=O) groups excluding carboxylic acids is 1. The molecule has 0 heterocycles. The van der Waals surface area contributed by atoms with Crippen LogP contribution >= 0.6 is 0 Å². The molecule has 12 heavy (non-hydrogen) atoms.